The second-order valence-corrected chi connectivity index (χ2v) is 9.13. The number of carbonyl (C=O) groups is 1. The number of fused-ring (bicyclic) bond motifs is 2. The molecule has 2 aromatic heterocycles. The fourth-order valence-corrected chi connectivity index (χ4v) is 4.85. The summed E-state index contributed by atoms with van der Waals surface area (Å²) in [6, 6.07) is 15.2. The van der Waals surface area contributed by atoms with E-state index >= 15 is 0 Å². The molecule has 33 heavy (non-hydrogen) atoms. The van der Waals surface area contributed by atoms with E-state index in [1.54, 1.807) is 27.9 Å². The summed E-state index contributed by atoms with van der Waals surface area (Å²) < 4.78 is 2.92. The Balaban J connectivity index is 1.44. The smallest absolute Gasteiger partial charge is 0.293 e. The van der Waals surface area contributed by atoms with Gasteiger partial charge >= 0.3 is 0 Å². The molecule has 1 saturated carbocycles. The minimum atomic E-state index is -0.328. The van der Waals surface area contributed by atoms with E-state index < -0.39 is 0 Å². The van der Waals surface area contributed by atoms with E-state index in [0.29, 0.717) is 28.7 Å². The van der Waals surface area contributed by atoms with E-state index in [9.17, 15) is 9.59 Å². The van der Waals surface area contributed by atoms with Crippen molar-refractivity contribution in [1.29, 1.82) is 0 Å². The molecule has 3 heterocycles. The van der Waals surface area contributed by atoms with Crippen LogP contribution in [-0.4, -0.2) is 32.0 Å². The molecule has 0 radical (unpaired) electrons. The van der Waals surface area contributed by atoms with Gasteiger partial charge in [0.15, 0.2) is 0 Å². The molecule has 1 aliphatic carbocycles. The predicted molar refractivity (Wildman–Crippen MR) is 127 cm³/mol. The minimum absolute atomic E-state index is 0.108. The molecular formula is C25H22ClN5O2. The van der Waals surface area contributed by atoms with Crippen molar-refractivity contribution >= 4 is 34.1 Å². The molecule has 8 heteroatoms. The first-order chi connectivity index (χ1) is 16.1. The Hall–Kier alpha value is -3.45. The van der Waals surface area contributed by atoms with Crippen molar-refractivity contribution in [3.8, 4) is 5.69 Å². The van der Waals surface area contributed by atoms with Crippen LogP contribution < -0.4 is 10.5 Å². The van der Waals surface area contributed by atoms with Gasteiger partial charge in [-0.2, -0.15) is 10.2 Å². The van der Waals surface area contributed by atoms with Gasteiger partial charge in [-0.3, -0.25) is 9.59 Å². The Labute approximate surface area is 195 Å². The molecule has 6 rings (SSSR count). The Morgan fingerprint density at radius 3 is 2.79 bits per heavy atom. The summed E-state index contributed by atoms with van der Waals surface area (Å²) in [5, 5.41) is 10.4. The zero-order valence-electron chi connectivity index (χ0n) is 17.9. The van der Waals surface area contributed by atoms with Crippen LogP contribution in [0, 0.1) is 0 Å². The van der Waals surface area contributed by atoms with Crippen LogP contribution in [-0.2, 0) is 17.8 Å². The lowest BCUT2D eigenvalue weighted by Gasteiger charge is -2.29. The van der Waals surface area contributed by atoms with Crippen LogP contribution in [0.2, 0.25) is 5.02 Å². The molecule has 0 saturated heterocycles. The number of benzene rings is 2. The Bertz CT molecular complexity index is 1450. The predicted octanol–water partition coefficient (Wildman–Crippen LogP) is 4.09. The molecule has 1 aliphatic heterocycles. The summed E-state index contributed by atoms with van der Waals surface area (Å²) in [4.78, 5) is 28.7. The molecule has 0 atom stereocenters. The largest absolute Gasteiger partial charge is 0.311 e. The number of rotatable bonds is 4. The van der Waals surface area contributed by atoms with Gasteiger partial charge in [0, 0.05) is 28.6 Å². The number of nitrogens with zero attached hydrogens (tertiary/aromatic N) is 5. The molecule has 0 bridgehead atoms. The number of carbonyl (C=O) groups excluding carboxylic acids is 1. The Morgan fingerprint density at radius 1 is 1.12 bits per heavy atom. The van der Waals surface area contributed by atoms with Crippen molar-refractivity contribution in [2.24, 2.45) is 0 Å². The van der Waals surface area contributed by atoms with Crippen LogP contribution in [0.1, 0.15) is 36.4 Å². The molecule has 1 amide bonds. The van der Waals surface area contributed by atoms with Gasteiger partial charge in [0.1, 0.15) is 12.1 Å². The van der Waals surface area contributed by atoms with Crippen molar-refractivity contribution in [1.82, 2.24) is 19.6 Å². The zero-order chi connectivity index (χ0) is 22.5. The van der Waals surface area contributed by atoms with Crippen LogP contribution in [0.15, 0.2) is 59.5 Å². The van der Waals surface area contributed by atoms with Gasteiger partial charge in [0.05, 0.1) is 17.6 Å². The van der Waals surface area contributed by atoms with Gasteiger partial charge in [0.2, 0.25) is 5.91 Å². The normalized spacial score (nSPS) is 15.6. The molecule has 0 N–H and O–H groups in total. The maximum Gasteiger partial charge on any atom is 0.293 e. The molecule has 166 valence electrons. The van der Waals surface area contributed by atoms with E-state index in [4.69, 9.17) is 11.6 Å². The first-order valence-corrected chi connectivity index (χ1v) is 11.6. The first-order valence-electron chi connectivity index (χ1n) is 11.2. The summed E-state index contributed by atoms with van der Waals surface area (Å²) in [6.07, 6.45) is 5.60. The standard InChI is InChI=1S/C25H22ClN5O2/c26-18-7-3-8-19(13-18)31-24-20(14-27-31)23(17-10-11-17)28-30(25(24)33)15-22(32)29-12-4-6-16-5-1-2-9-21(16)29/h1-3,5,7-9,13-14,17H,4,6,10-12,15H2. The Kier molecular flexibility index (Phi) is 4.80. The molecule has 0 spiro atoms. The molecule has 1 fully saturated rings. The molecule has 7 nitrogen and oxygen atoms in total. The number of aryl methyl sites for hydroxylation is 1. The maximum atomic E-state index is 13.6. The SMILES string of the molecule is O=C(Cn1nc(C2CC2)c2cnn(-c3cccc(Cl)c3)c2c1=O)N1CCCc2ccccc21. The van der Waals surface area contributed by atoms with Gasteiger partial charge < -0.3 is 4.90 Å². The minimum Gasteiger partial charge on any atom is -0.311 e. The van der Waals surface area contributed by atoms with Crippen molar-refractivity contribution in [3.05, 3.63) is 81.4 Å². The van der Waals surface area contributed by atoms with Gasteiger partial charge in [-0.15, -0.1) is 0 Å². The molecule has 0 unspecified atom stereocenters. The first kappa shape index (κ1) is 20.2. The zero-order valence-corrected chi connectivity index (χ0v) is 18.7. The summed E-state index contributed by atoms with van der Waals surface area (Å²) in [6.45, 7) is 0.534. The lowest BCUT2D eigenvalue weighted by Crippen LogP contribution is -2.40. The topological polar surface area (TPSA) is 73.0 Å². The van der Waals surface area contributed by atoms with Crippen LogP contribution in [0.4, 0.5) is 5.69 Å². The summed E-state index contributed by atoms with van der Waals surface area (Å²) in [7, 11) is 0. The highest BCUT2D eigenvalue weighted by Crippen LogP contribution is 2.41. The van der Waals surface area contributed by atoms with Crippen LogP contribution in [0.5, 0.6) is 0 Å². The second kappa shape index (κ2) is 7.85. The van der Waals surface area contributed by atoms with E-state index in [0.717, 1.165) is 48.0 Å². The third-order valence-electron chi connectivity index (χ3n) is 6.42. The lowest BCUT2D eigenvalue weighted by atomic mass is 10.0. The summed E-state index contributed by atoms with van der Waals surface area (Å²) >= 11 is 6.18. The van der Waals surface area contributed by atoms with Gasteiger partial charge in [0.25, 0.3) is 5.56 Å². The number of amides is 1. The molecular weight excluding hydrogens is 438 g/mol. The third kappa shape index (κ3) is 3.53. The van der Waals surface area contributed by atoms with E-state index in [1.165, 1.54) is 4.68 Å². The van der Waals surface area contributed by atoms with Gasteiger partial charge in [-0.25, -0.2) is 9.36 Å². The maximum absolute atomic E-state index is 13.6. The Morgan fingerprint density at radius 2 is 1.97 bits per heavy atom. The highest BCUT2D eigenvalue weighted by atomic mass is 35.5. The highest BCUT2D eigenvalue weighted by molar-refractivity contribution is 6.30. The highest BCUT2D eigenvalue weighted by Gasteiger charge is 2.31. The summed E-state index contributed by atoms with van der Waals surface area (Å²) in [5.41, 5.74) is 3.72. The fourth-order valence-electron chi connectivity index (χ4n) is 4.67. The molecule has 4 aromatic rings. The van der Waals surface area contributed by atoms with Crippen molar-refractivity contribution in [2.45, 2.75) is 38.1 Å². The van der Waals surface area contributed by atoms with Crippen molar-refractivity contribution in [2.75, 3.05) is 11.4 Å². The molecule has 2 aromatic carbocycles. The van der Waals surface area contributed by atoms with E-state index in [2.05, 4.69) is 16.3 Å². The third-order valence-corrected chi connectivity index (χ3v) is 6.66. The quantitative estimate of drug-likeness (QED) is 0.460. The van der Waals surface area contributed by atoms with Crippen molar-refractivity contribution in [3.63, 3.8) is 0 Å². The van der Waals surface area contributed by atoms with E-state index in [1.807, 2.05) is 30.3 Å². The monoisotopic (exact) mass is 459 g/mol. The fraction of sp³-hybridized carbons (Fsp3) is 0.280. The van der Waals surface area contributed by atoms with Crippen molar-refractivity contribution < 1.29 is 4.79 Å². The van der Waals surface area contributed by atoms with Gasteiger partial charge in [-0.05, 0) is 55.5 Å². The average molecular weight is 460 g/mol. The molecule has 2 aliphatic rings. The number of hydrogen-bond acceptors (Lipinski definition) is 4. The summed E-state index contributed by atoms with van der Waals surface area (Å²) in [5.74, 6) is 0.161. The van der Waals surface area contributed by atoms with Gasteiger partial charge in [-0.1, -0.05) is 35.9 Å². The van der Waals surface area contributed by atoms with Crippen LogP contribution in [0.3, 0.4) is 0 Å². The lowest BCUT2D eigenvalue weighted by molar-refractivity contribution is -0.119. The number of para-hydroxylation sites is 1. The van der Waals surface area contributed by atoms with Crippen LogP contribution >= 0.6 is 11.6 Å². The second-order valence-electron chi connectivity index (χ2n) is 8.70. The number of hydrogen-bond donors (Lipinski definition) is 0. The number of aromatic nitrogens is 4. The number of anilines is 1. The number of halogens is 1. The average Bonchev–Trinajstić information content (AvgIpc) is 3.58. The van der Waals surface area contributed by atoms with E-state index in [-0.39, 0.29) is 18.0 Å². The van der Waals surface area contributed by atoms with Crippen LogP contribution in [0.25, 0.3) is 16.6 Å².